The lowest BCUT2D eigenvalue weighted by Gasteiger charge is -2.51. The van der Waals surface area contributed by atoms with Crippen molar-refractivity contribution in [3.05, 3.63) is 68.6 Å². The summed E-state index contributed by atoms with van der Waals surface area (Å²) in [6, 6.07) is 17.1. The van der Waals surface area contributed by atoms with Gasteiger partial charge in [-0.3, -0.25) is 0 Å². The summed E-state index contributed by atoms with van der Waals surface area (Å²) in [6.07, 6.45) is 7.92. The van der Waals surface area contributed by atoms with E-state index in [0.717, 1.165) is 34.6 Å². The van der Waals surface area contributed by atoms with Crippen molar-refractivity contribution in [2.45, 2.75) is 64.1 Å². The second-order valence-corrected chi connectivity index (χ2v) is 10.6. The molecule has 4 rings (SSSR count). The maximum atomic E-state index is 10.9. The maximum Gasteiger partial charge on any atom is 0.0918 e. The SMILES string of the molecule is CCCC[C@]12CCCC[C@@]1(CO)[C@H](c1ccc(Br)cc1)O[C@@H]2c1ccc(Br)cc1. The van der Waals surface area contributed by atoms with E-state index >= 15 is 0 Å². The highest BCUT2D eigenvalue weighted by atomic mass is 79.9. The van der Waals surface area contributed by atoms with Gasteiger partial charge in [-0.2, -0.15) is 0 Å². The van der Waals surface area contributed by atoms with Crippen molar-refractivity contribution in [3.8, 4) is 0 Å². The van der Waals surface area contributed by atoms with Crippen LogP contribution in [0.1, 0.15) is 75.2 Å². The van der Waals surface area contributed by atoms with Gasteiger partial charge in [-0.15, -0.1) is 0 Å². The van der Waals surface area contributed by atoms with Gasteiger partial charge in [0.05, 0.1) is 18.8 Å². The van der Waals surface area contributed by atoms with Gasteiger partial charge < -0.3 is 9.84 Å². The van der Waals surface area contributed by atoms with Crippen LogP contribution < -0.4 is 0 Å². The molecule has 2 fully saturated rings. The zero-order valence-corrected chi connectivity index (χ0v) is 20.2. The molecule has 4 atom stereocenters. The summed E-state index contributed by atoms with van der Waals surface area (Å²) < 4.78 is 9.12. The van der Waals surface area contributed by atoms with Gasteiger partial charge >= 0.3 is 0 Å². The number of fused-ring (bicyclic) bond motifs is 1. The van der Waals surface area contributed by atoms with Crippen LogP contribution in [0.4, 0.5) is 0 Å². The molecule has 29 heavy (non-hydrogen) atoms. The van der Waals surface area contributed by atoms with Crippen molar-refractivity contribution in [1.82, 2.24) is 0 Å². The van der Waals surface area contributed by atoms with E-state index in [1.165, 1.54) is 30.4 Å². The predicted molar refractivity (Wildman–Crippen MR) is 125 cm³/mol. The fraction of sp³-hybridized carbons (Fsp3) is 0.520. The van der Waals surface area contributed by atoms with Crippen molar-refractivity contribution in [1.29, 1.82) is 0 Å². The van der Waals surface area contributed by atoms with Crippen LogP contribution in [0.15, 0.2) is 57.5 Å². The number of aliphatic hydroxyl groups excluding tert-OH is 1. The van der Waals surface area contributed by atoms with Gasteiger partial charge in [-0.1, -0.05) is 88.7 Å². The van der Waals surface area contributed by atoms with Crippen LogP contribution in [0.25, 0.3) is 0 Å². The Morgan fingerprint density at radius 2 is 1.34 bits per heavy atom. The van der Waals surface area contributed by atoms with Crippen LogP contribution in [0.3, 0.4) is 0 Å². The molecule has 0 radical (unpaired) electrons. The number of hydrogen-bond donors (Lipinski definition) is 1. The van der Waals surface area contributed by atoms with Crippen molar-refractivity contribution < 1.29 is 9.84 Å². The Morgan fingerprint density at radius 1 is 0.862 bits per heavy atom. The average molecular weight is 522 g/mol. The smallest absolute Gasteiger partial charge is 0.0918 e. The molecule has 2 nitrogen and oxygen atoms in total. The number of hydrogen-bond acceptors (Lipinski definition) is 2. The lowest BCUT2D eigenvalue weighted by molar-refractivity contribution is -0.0578. The molecule has 1 aliphatic carbocycles. The van der Waals surface area contributed by atoms with Crippen molar-refractivity contribution in [2.75, 3.05) is 6.61 Å². The minimum Gasteiger partial charge on any atom is -0.396 e. The largest absolute Gasteiger partial charge is 0.396 e. The zero-order valence-electron chi connectivity index (χ0n) is 17.0. The van der Waals surface area contributed by atoms with Gasteiger partial charge in [0.15, 0.2) is 0 Å². The summed E-state index contributed by atoms with van der Waals surface area (Å²) in [7, 11) is 0. The molecule has 1 N–H and O–H groups in total. The van der Waals surface area contributed by atoms with E-state index in [1.807, 2.05) is 0 Å². The molecule has 0 bridgehead atoms. The lowest BCUT2D eigenvalue weighted by Crippen LogP contribution is -2.48. The number of rotatable bonds is 6. The number of aliphatic hydroxyl groups is 1. The molecule has 1 saturated heterocycles. The van der Waals surface area contributed by atoms with E-state index in [4.69, 9.17) is 4.74 Å². The molecular weight excluding hydrogens is 492 g/mol. The van der Waals surface area contributed by atoms with Crippen LogP contribution in [0.5, 0.6) is 0 Å². The summed E-state index contributed by atoms with van der Waals surface area (Å²) in [4.78, 5) is 0. The van der Waals surface area contributed by atoms with E-state index in [1.54, 1.807) is 0 Å². The van der Waals surface area contributed by atoms with Crippen LogP contribution in [-0.2, 0) is 4.74 Å². The molecule has 1 aliphatic heterocycles. The maximum absolute atomic E-state index is 10.9. The van der Waals surface area contributed by atoms with E-state index in [9.17, 15) is 5.11 Å². The van der Waals surface area contributed by atoms with Crippen molar-refractivity contribution >= 4 is 31.9 Å². The predicted octanol–water partition coefficient (Wildman–Crippen LogP) is 7.75. The topological polar surface area (TPSA) is 29.5 Å². The highest BCUT2D eigenvalue weighted by Crippen LogP contribution is 2.71. The Bertz CT molecular complexity index is 820. The highest BCUT2D eigenvalue weighted by molar-refractivity contribution is 9.10. The molecule has 1 saturated carbocycles. The zero-order chi connectivity index (χ0) is 20.5. The van der Waals surface area contributed by atoms with Crippen molar-refractivity contribution in [2.24, 2.45) is 10.8 Å². The Balaban J connectivity index is 1.86. The monoisotopic (exact) mass is 520 g/mol. The normalized spacial score (nSPS) is 31.6. The molecular formula is C25H30Br2O2. The second-order valence-electron chi connectivity index (χ2n) is 8.78. The summed E-state index contributed by atoms with van der Waals surface area (Å²) in [5.41, 5.74) is 2.17. The first-order chi connectivity index (χ1) is 14.1. The molecule has 0 amide bonds. The molecule has 4 heteroatoms. The number of ether oxygens (including phenoxy) is 1. The van der Waals surface area contributed by atoms with E-state index in [-0.39, 0.29) is 29.6 Å². The van der Waals surface area contributed by atoms with Gasteiger partial charge in [0.2, 0.25) is 0 Å². The molecule has 2 aromatic carbocycles. The van der Waals surface area contributed by atoms with E-state index in [0.29, 0.717) is 0 Å². The molecule has 0 unspecified atom stereocenters. The number of unbranched alkanes of at least 4 members (excludes halogenated alkanes) is 1. The third-order valence-electron chi connectivity index (χ3n) is 7.37. The van der Waals surface area contributed by atoms with Crippen LogP contribution in [0.2, 0.25) is 0 Å². The lowest BCUT2D eigenvalue weighted by atomic mass is 9.50. The Labute approximate surface area is 191 Å². The van der Waals surface area contributed by atoms with Gasteiger partial charge in [0.1, 0.15) is 0 Å². The Morgan fingerprint density at radius 3 is 1.83 bits per heavy atom. The molecule has 2 aromatic rings. The standard InChI is InChI=1S/C25H30Br2O2/c1-2-3-14-24-15-4-5-16-25(24,17-28)23(19-8-12-21(27)13-9-19)29-22(24)18-6-10-20(26)11-7-18/h6-13,22-23,28H,2-5,14-17H2,1H3/t22-,23+,24-,25-/m1/s1. The minimum absolute atomic E-state index is 0.0169. The number of halogens is 2. The average Bonchev–Trinajstić information content (AvgIpc) is 3.05. The van der Waals surface area contributed by atoms with Crippen LogP contribution >= 0.6 is 31.9 Å². The van der Waals surface area contributed by atoms with E-state index < -0.39 is 0 Å². The third kappa shape index (κ3) is 3.64. The first kappa shape index (κ1) is 21.5. The number of benzene rings is 2. The Hall–Kier alpha value is -0.680. The second kappa shape index (κ2) is 8.82. The van der Waals surface area contributed by atoms with Gasteiger partial charge in [-0.25, -0.2) is 0 Å². The molecule has 156 valence electrons. The summed E-state index contributed by atoms with van der Waals surface area (Å²) >= 11 is 7.13. The molecule has 0 aromatic heterocycles. The van der Waals surface area contributed by atoms with Gasteiger partial charge in [0.25, 0.3) is 0 Å². The highest BCUT2D eigenvalue weighted by Gasteiger charge is 2.66. The van der Waals surface area contributed by atoms with Gasteiger partial charge in [-0.05, 0) is 54.7 Å². The van der Waals surface area contributed by atoms with Crippen LogP contribution in [0, 0.1) is 10.8 Å². The summed E-state index contributed by atoms with van der Waals surface area (Å²) in [5, 5.41) is 10.9. The fourth-order valence-corrected chi connectivity index (χ4v) is 6.48. The first-order valence-corrected chi connectivity index (χ1v) is 12.4. The third-order valence-corrected chi connectivity index (χ3v) is 8.42. The molecule has 1 heterocycles. The molecule has 2 aliphatic rings. The van der Waals surface area contributed by atoms with Crippen LogP contribution in [-0.4, -0.2) is 11.7 Å². The summed E-state index contributed by atoms with van der Waals surface area (Å²) in [6.45, 7) is 2.45. The fourth-order valence-electron chi connectivity index (χ4n) is 5.95. The Kier molecular flexibility index (Phi) is 6.55. The quantitative estimate of drug-likeness (QED) is 0.421. The first-order valence-electron chi connectivity index (χ1n) is 10.8. The van der Waals surface area contributed by atoms with Crippen molar-refractivity contribution in [3.63, 3.8) is 0 Å². The van der Waals surface area contributed by atoms with Gasteiger partial charge in [0, 0.05) is 19.8 Å². The summed E-state index contributed by atoms with van der Waals surface area (Å²) in [5.74, 6) is 0. The van der Waals surface area contributed by atoms with E-state index in [2.05, 4.69) is 87.3 Å². The minimum atomic E-state index is -0.230. The molecule has 0 spiro atoms.